The van der Waals surface area contributed by atoms with Crippen molar-refractivity contribution in [1.82, 2.24) is 0 Å². The molecule has 1 aliphatic heterocycles. The van der Waals surface area contributed by atoms with E-state index >= 15 is 0 Å². The Morgan fingerprint density at radius 1 is 1.70 bits per heavy atom. The van der Waals surface area contributed by atoms with E-state index in [1.807, 2.05) is 13.8 Å². The Hall–Kier alpha value is -1.05. The highest BCUT2D eigenvalue weighted by atomic mass is 16.6. The maximum atomic E-state index is 10.9. The fourth-order valence-corrected chi connectivity index (χ4v) is 0.903. The lowest BCUT2D eigenvalue weighted by molar-refractivity contribution is -0.143. The highest BCUT2D eigenvalue weighted by molar-refractivity contribution is 5.94. The van der Waals surface area contributed by atoms with Crippen molar-refractivity contribution in [3.8, 4) is 0 Å². The second kappa shape index (κ2) is 1.97. The van der Waals surface area contributed by atoms with Gasteiger partial charge >= 0.3 is 5.97 Å². The average Bonchev–Trinajstić information content (AvgIpc) is 2.05. The molecule has 0 unspecified atom stereocenters. The molecule has 2 nitrogen and oxygen atoms in total. The standard InChI is InChI=1S/C8H10O2/c1-4-6-5-8(2,3)10-7(6)9/h4-5H,1H2,2-3H3. The smallest absolute Gasteiger partial charge is 0.338 e. The second-order valence-corrected chi connectivity index (χ2v) is 2.80. The summed E-state index contributed by atoms with van der Waals surface area (Å²) in [6.45, 7) is 7.16. The number of hydrogen-bond donors (Lipinski definition) is 0. The third kappa shape index (κ3) is 1.10. The summed E-state index contributed by atoms with van der Waals surface area (Å²) >= 11 is 0. The van der Waals surface area contributed by atoms with E-state index in [-0.39, 0.29) is 5.97 Å². The van der Waals surface area contributed by atoms with Crippen LogP contribution in [0.4, 0.5) is 0 Å². The van der Waals surface area contributed by atoms with Gasteiger partial charge in [-0.25, -0.2) is 4.79 Å². The van der Waals surface area contributed by atoms with Crippen LogP contribution in [0.3, 0.4) is 0 Å². The van der Waals surface area contributed by atoms with Crippen molar-refractivity contribution < 1.29 is 9.53 Å². The SMILES string of the molecule is C=CC1=CC(C)(C)OC1=O. The van der Waals surface area contributed by atoms with E-state index < -0.39 is 5.60 Å². The molecule has 0 aromatic rings. The lowest BCUT2D eigenvalue weighted by Crippen LogP contribution is -2.17. The predicted molar refractivity (Wildman–Crippen MR) is 38.5 cm³/mol. The molecule has 0 aromatic heterocycles. The van der Waals surface area contributed by atoms with Crippen molar-refractivity contribution in [3.63, 3.8) is 0 Å². The summed E-state index contributed by atoms with van der Waals surface area (Å²) < 4.78 is 4.95. The normalized spacial score (nSPS) is 21.8. The number of carbonyl (C=O) groups is 1. The van der Waals surface area contributed by atoms with Gasteiger partial charge in [-0.15, -0.1) is 0 Å². The maximum absolute atomic E-state index is 10.9. The summed E-state index contributed by atoms with van der Waals surface area (Å²) in [6, 6.07) is 0. The van der Waals surface area contributed by atoms with Crippen LogP contribution in [0.15, 0.2) is 24.3 Å². The molecule has 0 aliphatic carbocycles. The minimum atomic E-state index is -0.444. The van der Waals surface area contributed by atoms with E-state index in [1.54, 1.807) is 6.08 Å². The van der Waals surface area contributed by atoms with Crippen LogP contribution in [-0.4, -0.2) is 11.6 Å². The van der Waals surface area contributed by atoms with Crippen molar-refractivity contribution >= 4 is 5.97 Å². The Kier molecular flexibility index (Phi) is 1.39. The van der Waals surface area contributed by atoms with Gasteiger partial charge in [-0.2, -0.15) is 0 Å². The molecule has 10 heavy (non-hydrogen) atoms. The second-order valence-electron chi connectivity index (χ2n) is 2.80. The zero-order valence-electron chi connectivity index (χ0n) is 6.18. The molecule has 0 saturated heterocycles. The summed E-state index contributed by atoms with van der Waals surface area (Å²) in [6.07, 6.45) is 3.28. The number of esters is 1. The molecule has 0 amide bonds. The first kappa shape index (κ1) is 7.06. The van der Waals surface area contributed by atoms with Crippen LogP contribution in [0.5, 0.6) is 0 Å². The van der Waals surface area contributed by atoms with Gasteiger partial charge in [0, 0.05) is 0 Å². The fraction of sp³-hybridized carbons (Fsp3) is 0.375. The highest BCUT2D eigenvalue weighted by Crippen LogP contribution is 2.23. The molecule has 1 rings (SSSR count). The number of rotatable bonds is 1. The lowest BCUT2D eigenvalue weighted by atomic mass is 10.1. The van der Waals surface area contributed by atoms with Gasteiger partial charge in [0.2, 0.25) is 0 Å². The average molecular weight is 138 g/mol. The molecule has 0 fully saturated rings. The van der Waals surface area contributed by atoms with Crippen molar-refractivity contribution in [2.24, 2.45) is 0 Å². The minimum Gasteiger partial charge on any atom is -0.452 e. The number of cyclic esters (lactones) is 1. The Balaban J connectivity index is 2.93. The Labute approximate surface area is 60.2 Å². The molecular formula is C8H10O2. The highest BCUT2D eigenvalue weighted by Gasteiger charge is 2.29. The van der Waals surface area contributed by atoms with Crippen LogP contribution in [0, 0.1) is 0 Å². The Morgan fingerprint density at radius 3 is 2.50 bits per heavy atom. The van der Waals surface area contributed by atoms with Gasteiger partial charge < -0.3 is 4.74 Å². The van der Waals surface area contributed by atoms with Gasteiger partial charge in [0.25, 0.3) is 0 Å². The van der Waals surface area contributed by atoms with E-state index in [0.717, 1.165) is 0 Å². The largest absolute Gasteiger partial charge is 0.452 e. The summed E-state index contributed by atoms with van der Waals surface area (Å²) in [5, 5.41) is 0. The summed E-state index contributed by atoms with van der Waals surface area (Å²) in [7, 11) is 0. The van der Waals surface area contributed by atoms with Gasteiger partial charge in [-0.05, 0) is 19.9 Å². The predicted octanol–water partition coefficient (Wildman–Crippen LogP) is 1.43. The molecule has 2 heteroatoms. The molecule has 0 bridgehead atoms. The molecule has 0 aromatic carbocycles. The third-order valence-corrected chi connectivity index (χ3v) is 1.31. The molecule has 0 radical (unpaired) electrons. The molecule has 1 heterocycles. The summed E-state index contributed by atoms with van der Waals surface area (Å²) in [4.78, 5) is 10.9. The van der Waals surface area contributed by atoms with Crippen LogP contribution in [-0.2, 0) is 9.53 Å². The fourth-order valence-electron chi connectivity index (χ4n) is 0.903. The summed E-state index contributed by atoms with van der Waals surface area (Å²) in [5.41, 5.74) is 0.116. The Morgan fingerprint density at radius 2 is 2.30 bits per heavy atom. The Bertz CT molecular complexity index is 211. The van der Waals surface area contributed by atoms with Crippen LogP contribution >= 0.6 is 0 Å². The van der Waals surface area contributed by atoms with Gasteiger partial charge in [0.1, 0.15) is 5.60 Å². The quantitative estimate of drug-likeness (QED) is 0.512. The van der Waals surface area contributed by atoms with Crippen molar-refractivity contribution in [2.75, 3.05) is 0 Å². The third-order valence-electron chi connectivity index (χ3n) is 1.31. The van der Waals surface area contributed by atoms with Gasteiger partial charge in [0.15, 0.2) is 0 Å². The van der Waals surface area contributed by atoms with E-state index in [4.69, 9.17) is 4.74 Å². The monoisotopic (exact) mass is 138 g/mol. The zero-order valence-corrected chi connectivity index (χ0v) is 6.18. The molecule has 0 spiro atoms. The van der Waals surface area contributed by atoms with E-state index in [1.165, 1.54) is 6.08 Å². The van der Waals surface area contributed by atoms with Crippen LogP contribution in [0.1, 0.15) is 13.8 Å². The first-order valence-corrected chi connectivity index (χ1v) is 3.14. The molecule has 1 aliphatic rings. The molecule has 0 saturated carbocycles. The van der Waals surface area contributed by atoms with Gasteiger partial charge in [-0.1, -0.05) is 12.7 Å². The zero-order chi connectivity index (χ0) is 7.78. The molecule has 0 N–H and O–H groups in total. The number of ether oxygens (including phenoxy) is 1. The number of carbonyl (C=O) groups excluding carboxylic acids is 1. The molecule has 54 valence electrons. The first-order chi connectivity index (χ1) is 4.55. The summed E-state index contributed by atoms with van der Waals surface area (Å²) in [5.74, 6) is -0.278. The number of hydrogen-bond acceptors (Lipinski definition) is 2. The van der Waals surface area contributed by atoms with Crippen LogP contribution in [0.25, 0.3) is 0 Å². The van der Waals surface area contributed by atoms with Crippen molar-refractivity contribution in [2.45, 2.75) is 19.4 Å². The van der Waals surface area contributed by atoms with Gasteiger partial charge in [-0.3, -0.25) is 0 Å². The van der Waals surface area contributed by atoms with E-state index in [2.05, 4.69) is 6.58 Å². The maximum Gasteiger partial charge on any atom is 0.338 e. The minimum absolute atomic E-state index is 0.278. The van der Waals surface area contributed by atoms with Crippen LogP contribution < -0.4 is 0 Å². The molecule has 0 atom stereocenters. The van der Waals surface area contributed by atoms with E-state index in [0.29, 0.717) is 5.57 Å². The van der Waals surface area contributed by atoms with Crippen molar-refractivity contribution in [1.29, 1.82) is 0 Å². The van der Waals surface area contributed by atoms with Crippen molar-refractivity contribution in [3.05, 3.63) is 24.3 Å². The van der Waals surface area contributed by atoms with Crippen LogP contribution in [0.2, 0.25) is 0 Å². The van der Waals surface area contributed by atoms with E-state index in [9.17, 15) is 4.79 Å². The molecular weight excluding hydrogens is 128 g/mol. The first-order valence-electron chi connectivity index (χ1n) is 3.14. The topological polar surface area (TPSA) is 26.3 Å². The lowest BCUT2D eigenvalue weighted by Gasteiger charge is -2.12. The van der Waals surface area contributed by atoms with Gasteiger partial charge in [0.05, 0.1) is 5.57 Å².